The van der Waals surface area contributed by atoms with Crippen molar-refractivity contribution in [3.63, 3.8) is 0 Å². The number of ether oxygens (including phenoxy) is 1. The van der Waals surface area contributed by atoms with Crippen LogP contribution in [0, 0.1) is 17.8 Å². The molecule has 2 aliphatic rings. The summed E-state index contributed by atoms with van der Waals surface area (Å²) >= 11 is 0. The van der Waals surface area contributed by atoms with Crippen molar-refractivity contribution in [3.05, 3.63) is 0 Å². The fraction of sp³-hybridized carbons (Fsp3) is 0.909. The van der Waals surface area contributed by atoms with Crippen LogP contribution in [-0.4, -0.2) is 26.2 Å². The molecular formula is C11H19NO2. The van der Waals surface area contributed by atoms with Gasteiger partial charge in [-0.1, -0.05) is 12.8 Å². The number of carbonyl (C=O) groups is 1. The van der Waals surface area contributed by atoms with Gasteiger partial charge < -0.3 is 10.1 Å². The molecule has 0 aromatic carbocycles. The van der Waals surface area contributed by atoms with Crippen LogP contribution in [0.25, 0.3) is 0 Å². The monoisotopic (exact) mass is 197 g/mol. The summed E-state index contributed by atoms with van der Waals surface area (Å²) < 4.78 is 4.84. The van der Waals surface area contributed by atoms with Crippen LogP contribution in [0.4, 0.5) is 0 Å². The lowest BCUT2D eigenvalue weighted by molar-refractivity contribution is -0.148. The molecule has 0 radical (unpaired) electrons. The summed E-state index contributed by atoms with van der Waals surface area (Å²) in [4.78, 5) is 11.5. The summed E-state index contributed by atoms with van der Waals surface area (Å²) in [6.07, 6.45) is 5.12. The Kier molecular flexibility index (Phi) is 3.06. The van der Waals surface area contributed by atoms with E-state index < -0.39 is 0 Å². The maximum Gasteiger partial charge on any atom is 0.310 e. The first-order valence-electron chi connectivity index (χ1n) is 5.60. The lowest BCUT2D eigenvalue weighted by atomic mass is 9.82. The zero-order valence-electron chi connectivity index (χ0n) is 8.79. The smallest absolute Gasteiger partial charge is 0.310 e. The summed E-state index contributed by atoms with van der Waals surface area (Å²) in [7, 11) is 1.49. The minimum atomic E-state index is -0.0251. The van der Waals surface area contributed by atoms with Crippen molar-refractivity contribution in [1.29, 1.82) is 0 Å². The van der Waals surface area contributed by atoms with E-state index in [1.807, 2.05) is 0 Å². The topological polar surface area (TPSA) is 38.3 Å². The molecule has 0 aromatic heterocycles. The second-order valence-electron chi connectivity index (χ2n) is 4.56. The molecule has 2 fully saturated rings. The lowest BCUT2D eigenvalue weighted by Gasteiger charge is -2.30. The largest absolute Gasteiger partial charge is 0.469 e. The van der Waals surface area contributed by atoms with Crippen LogP contribution < -0.4 is 5.32 Å². The third-order valence-electron chi connectivity index (χ3n) is 3.46. The Morgan fingerprint density at radius 1 is 1.43 bits per heavy atom. The molecule has 2 rings (SSSR count). The van der Waals surface area contributed by atoms with Gasteiger partial charge in [0.05, 0.1) is 13.0 Å². The van der Waals surface area contributed by atoms with Gasteiger partial charge in [0.1, 0.15) is 0 Å². The summed E-state index contributed by atoms with van der Waals surface area (Å²) in [5, 5.41) is 3.27. The van der Waals surface area contributed by atoms with Crippen molar-refractivity contribution < 1.29 is 9.53 Å². The van der Waals surface area contributed by atoms with E-state index in [4.69, 9.17) is 4.74 Å². The summed E-state index contributed by atoms with van der Waals surface area (Å²) in [5.41, 5.74) is 0. The van der Waals surface area contributed by atoms with Crippen molar-refractivity contribution in [3.8, 4) is 0 Å². The van der Waals surface area contributed by atoms with E-state index in [1.54, 1.807) is 0 Å². The Labute approximate surface area is 85.2 Å². The summed E-state index contributed by atoms with van der Waals surface area (Å²) in [6, 6.07) is 0. The maximum absolute atomic E-state index is 11.5. The van der Waals surface area contributed by atoms with E-state index in [0.29, 0.717) is 5.92 Å². The number of hydrogen-bond donors (Lipinski definition) is 1. The van der Waals surface area contributed by atoms with Gasteiger partial charge in [0.2, 0.25) is 0 Å². The molecule has 1 heterocycles. The van der Waals surface area contributed by atoms with Gasteiger partial charge in [-0.15, -0.1) is 0 Å². The molecule has 80 valence electrons. The van der Waals surface area contributed by atoms with Crippen LogP contribution in [-0.2, 0) is 9.53 Å². The molecule has 0 spiro atoms. The van der Waals surface area contributed by atoms with E-state index in [-0.39, 0.29) is 11.9 Å². The zero-order chi connectivity index (χ0) is 9.97. The lowest BCUT2D eigenvalue weighted by Crippen LogP contribution is -2.41. The summed E-state index contributed by atoms with van der Waals surface area (Å²) in [5.74, 6) is 1.55. The number of nitrogens with one attached hydrogen (secondary N) is 1. The van der Waals surface area contributed by atoms with Gasteiger partial charge in [-0.05, 0) is 31.2 Å². The van der Waals surface area contributed by atoms with Crippen molar-refractivity contribution in [2.75, 3.05) is 20.2 Å². The van der Waals surface area contributed by atoms with Crippen molar-refractivity contribution >= 4 is 5.97 Å². The molecule has 1 aliphatic carbocycles. The van der Waals surface area contributed by atoms with Crippen molar-refractivity contribution in [1.82, 2.24) is 5.32 Å². The van der Waals surface area contributed by atoms with Gasteiger partial charge in [0, 0.05) is 6.54 Å². The third kappa shape index (κ3) is 2.27. The molecule has 0 amide bonds. The standard InChI is InChI=1S/C11H19NO2/c1-14-11(13)10-7-12-5-4-9(10)6-8-2-3-8/h8-10,12H,2-7H2,1H3/t9-,10-/m0/s1. The Morgan fingerprint density at radius 2 is 2.21 bits per heavy atom. The molecule has 1 saturated carbocycles. The normalized spacial score (nSPS) is 32.6. The Hall–Kier alpha value is -0.570. The van der Waals surface area contributed by atoms with Gasteiger partial charge in [0.25, 0.3) is 0 Å². The highest BCUT2D eigenvalue weighted by atomic mass is 16.5. The van der Waals surface area contributed by atoms with Crippen molar-refractivity contribution in [2.45, 2.75) is 25.7 Å². The SMILES string of the molecule is COC(=O)[C@H]1CNCC[C@H]1CC1CC1. The average molecular weight is 197 g/mol. The van der Waals surface area contributed by atoms with E-state index in [1.165, 1.54) is 26.4 Å². The van der Waals surface area contributed by atoms with Gasteiger partial charge in [-0.2, -0.15) is 0 Å². The first-order chi connectivity index (χ1) is 6.81. The second-order valence-corrected chi connectivity index (χ2v) is 4.56. The Balaban J connectivity index is 1.91. The minimum Gasteiger partial charge on any atom is -0.469 e. The molecule has 1 saturated heterocycles. The second kappa shape index (κ2) is 4.30. The average Bonchev–Trinajstić information content (AvgIpc) is 3.01. The quantitative estimate of drug-likeness (QED) is 0.691. The third-order valence-corrected chi connectivity index (χ3v) is 3.46. The van der Waals surface area contributed by atoms with E-state index >= 15 is 0 Å². The van der Waals surface area contributed by atoms with Crippen LogP contribution in [0.5, 0.6) is 0 Å². The molecule has 0 bridgehead atoms. The number of piperidine rings is 1. The Bertz CT molecular complexity index is 213. The van der Waals surface area contributed by atoms with E-state index in [0.717, 1.165) is 25.4 Å². The molecule has 3 heteroatoms. The number of methoxy groups -OCH3 is 1. The number of esters is 1. The molecule has 0 aromatic rings. The molecule has 0 unspecified atom stereocenters. The molecule has 1 N–H and O–H groups in total. The molecule has 14 heavy (non-hydrogen) atoms. The van der Waals surface area contributed by atoms with Gasteiger partial charge in [0.15, 0.2) is 0 Å². The number of hydrogen-bond acceptors (Lipinski definition) is 3. The van der Waals surface area contributed by atoms with Crippen LogP contribution in [0.1, 0.15) is 25.7 Å². The van der Waals surface area contributed by atoms with Crippen LogP contribution >= 0.6 is 0 Å². The first kappa shape index (κ1) is 9.97. The number of carbonyl (C=O) groups excluding carboxylic acids is 1. The van der Waals surface area contributed by atoms with Crippen molar-refractivity contribution in [2.24, 2.45) is 17.8 Å². The predicted octanol–water partition coefficient (Wildman–Crippen LogP) is 1.19. The Morgan fingerprint density at radius 3 is 2.86 bits per heavy atom. The molecular weight excluding hydrogens is 178 g/mol. The van der Waals surface area contributed by atoms with Gasteiger partial charge in [-0.3, -0.25) is 4.79 Å². The fourth-order valence-corrected chi connectivity index (χ4v) is 2.40. The fourth-order valence-electron chi connectivity index (χ4n) is 2.40. The summed E-state index contributed by atoms with van der Waals surface area (Å²) in [6.45, 7) is 1.87. The van der Waals surface area contributed by atoms with Crippen LogP contribution in [0.2, 0.25) is 0 Å². The van der Waals surface area contributed by atoms with Crippen LogP contribution in [0.3, 0.4) is 0 Å². The molecule has 1 aliphatic heterocycles. The highest BCUT2D eigenvalue weighted by molar-refractivity contribution is 5.73. The minimum absolute atomic E-state index is 0.0251. The van der Waals surface area contributed by atoms with E-state index in [9.17, 15) is 4.79 Å². The van der Waals surface area contributed by atoms with Gasteiger partial charge in [-0.25, -0.2) is 0 Å². The highest BCUT2D eigenvalue weighted by Crippen LogP contribution is 2.39. The maximum atomic E-state index is 11.5. The highest BCUT2D eigenvalue weighted by Gasteiger charge is 2.35. The molecule has 2 atom stereocenters. The first-order valence-corrected chi connectivity index (χ1v) is 5.60. The molecule has 3 nitrogen and oxygen atoms in total. The predicted molar refractivity (Wildman–Crippen MR) is 53.8 cm³/mol. The van der Waals surface area contributed by atoms with Gasteiger partial charge >= 0.3 is 5.97 Å². The zero-order valence-corrected chi connectivity index (χ0v) is 8.79. The van der Waals surface area contributed by atoms with Crippen LogP contribution in [0.15, 0.2) is 0 Å². The van der Waals surface area contributed by atoms with E-state index in [2.05, 4.69) is 5.32 Å². The number of rotatable bonds is 3.